The van der Waals surface area contributed by atoms with Crippen LogP contribution in [-0.4, -0.2) is 41.6 Å². The Labute approximate surface area is 147 Å². The Bertz CT molecular complexity index is 714. The fourth-order valence-corrected chi connectivity index (χ4v) is 4.27. The summed E-state index contributed by atoms with van der Waals surface area (Å²) >= 11 is 0. The van der Waals surface area contributed by atoms with Gasteiger partial charge in [-0.3, -0.25) is 9.59 Å². The lowest BCUT2D eigenvalue weighted by atomic mass is 9.77. The number of fused-ring (bicyclic) bond motifs is 1. The van der Waals surface area contributed by atoms with Gasteiger partial charge in [0.25, 0.3) is 0 Å². The van der Waals surface area contributed by atoms with E-state index in [1.807, 2.05) is 47.4 Å². The average Bonchev–Trinajstić information content (AvgIpc) is 3.22. The minimum absolute atomic E-state index is 0.0159. The third-order valence-corrected chi connectivity index (χ3v) is 5.26. The van der Waals surface area contributed by atoms with Gasteiger partial charge in [-0.1, -0.05) is 56.3 Å². The largest absolute Gasteiger partial charge is 0.460 e. The van der Waals surface area contributed by atoms with E-state index in [0.717, 1.165) is 5.56 Å². The van der Waals surface area contributed by atoms with Crippen molar-refractivity contribution in [2.24, 2.45) is 17.8 Å². The molecule has 1 aromatic carbocycles. The zero-order valence-electron chi connectivity index (χ0n) is 14.6. The van der Waals surface area contributed by atoms with Gasteiger partial charge < -0.3 is 14.4 Å². The minimum Gasteiger partial charge on any atom is -0.460 e. The maximum Gasteiger partial charge on any atom is 0.313 e. The topological polar surface area (TPSA) is 55.8 Å². The normalized spacial score (nSPS) is 32.5. The van der Waals surface area contributed by atoms with Gasteiger partial charge in [0.05, 0.1) is 18.6 Å². The second-order valence-corrected chi connectivity index (χ2v) is 7.61. The molecule has 3 aliphatic heterocycles. The van der Waals surface area contributed by atoms with Crippen LogP contribution in [0.25, 0.3) is 0 Å². The van der Waals surface area contributed by atoms with Gasteiger partial charge in [0.1, 0.15) is 18.1 Å². The minimum atomic E-state index is -0.646. The van der Waals surface area contributed by atoms with E-state index in [4.69, 9.17) is 9.47 Å². The van der Waals surface area contributed by atoms with Crippen LogP contribution in [0.5, 0.6) is 0 Å². The number of hydrogen-bond donors (Lipinski definition) is 0. The van der Waals surface area contributed by atoms with Gasteiger partial charge in [-0.15, -0.1) is 0 Å². The van der Waals surface area contributed by atoms with Crippen LogP contribution in [0, 0.1) is 17.8 Å². The number of ether oxygens (including phenoxy) is 2. The molecular formula is C20H23NO4. The van der Waals surface area contributed by atoms with Crippen LogP contribution >= 0.6 is 0 Å². The average molecular weight is 341 g/mol. The molecule has 3 aliphatic rings. The standard InChI is InChI=1S/C20H23NO4/c1-13(2)10-21-12-20-9-8-15(25-20)16(17(20)18(21)22)19(23)24-11-14-6-4-3-5-7-14/h3-9,13,15-17H,10-12H2,1-2H3/t15-,16+,17+,20-/m1/s1. The van der Waals surface area contributed by atoms with Crippen molar-refractivity contribution in [2.45, 2.75) is 32.2 Å². The Morgan fingerprint density at radius 3 is 2.84 bits per heavy atom. The molecule has 1 amide bonds. The van der Waals surface area contributed by atoms with Gasteiger partial charge in [-0.25, -0.2) is 0 Å². The van der Waals surface area contributed by atoms with Crippen LogP contribution in [-0.2, 0) is 25.7 Å². The first-order valence-electron chi connectivity index (χ1n) is 8.87. The van der Waals surface area contributed by atoms with Gasteiger partial charge in [0, 0.05) is 6.54 Å². The molecule has 25 heavy (non-hydrogen) atoms. The van der Waals surface area contributed by atoms with E-state index in [1.54, 1.807) is 0 Å². The van der Waals surface area contributed by atoms with E-state index in [9.17, 15) is 9.59 Å². The smallest absolute Gasteiger partial charge is 0.313 e. The van der Waals surface area contributed by atoms with Crippen molar-refractivity contribution in [2.75, 3.05) is 13.1 Å². The number of carbonyl (C=O) groups is 2. The number of hydrogen-bond acceptors (Lipinski definition) is 4. The van der Waals surface area contributed by atoms with Gasteiger partial charge in [-0.05, 0) is 11.5 Å². The Morgan fingerprint density at radius 2 is 2.12 bits per heavy atom. The SMILES string of the molecule is CC(C)CN1C[C@@]23C=C[C@@H](O2)[C@H](C(=O)OCc2ccccc2)[C@H]3C1=O. The fraction of sp³-hybridized carbons (Fsp3) is 0.500. The summed E-state index contributed by atoms with van der Waals surface area (Å²) in [6.07, 6.45) is 3.54. The zero-order chi connectivity index (χ0) is 17.6. The van der Waals surface area contributed by atoms with Crippen LogP contribution in [0.1, 0.15) is 19.4 Å². The molecule has 132 valence electrons. The van der Waals surface area contributed by atoms with Crippen molar-refractivity contribution in [1.82, 2.24) is 4.90 Å². The highest BCUT2D eigenvalue weighted by molar-refractivity contribution is 5.91. The van der Waals surface area contributed by atoms with E-state index in [1.165, 1.54) is 0 Å². The molecule has 0 aromatic heterocycles. The van der Waals surface area contributed by atoms with E-state index >= 15 is 0 Å². The van der Waals surface area contributed by atoms with E-state index in [-0.39, 0.29) is 24.6 Å². The van der Waals surface area contributed by atoms with Crippen molar-refractivity contribution in [3.8, 4) is 0 Å². The lowest BCUT2D eigenvalue weighted by molar-refractivity contribution is -0.155. The molecule has 3 heterocycles. The maximum absolute atomic E-state index is 12.9. The van der Waals surface area contributed by atoms with Crippen LogP contribution in [0.15, 0.2) is 42.5 Å². The second kappa shape index (κ2) is 5.99. The Balaban J connectivity index is 1.50. The monoisotopic (exact) mass is 341 g/mol. The molecule has 0 radical (unpaired) electrons. The molecule has 0 saturated carbocycles. The maximum atomic E-state index is 12.9. The fourth-order valence-electron chi connectivity index (χ4n) is 4.27. The van der Waals surface area contributed by atoms with E-state index in [2.05, 4.69) is 13.8 Å². The van der Waals surface area contributed by atoms with Crippen molar-refractivity contribution in [3.63, 3.8) is 0 Å². The lowest BCUT2D eigenvalue weighted by Crippen LogP contribution is -2.40. The Morgan fingerprint density at radius 1 is 1.36 bits per heavy atom. The third-order valence-electron chi connectivity index (χ3n) is 5.26. The Kier molecular flexibility index (Phi) is 3.91. The molecular weight excluding hydrogens is 318 g/mol. The van der Waals surface area contributed by atoms with Crippen LogP contribution in [0.2, 0.25) is 0 Å². The number of rotatable bonds is 5. The second-order valence-electron chi connectivity index (χ2n) is 7.61. The summed E-state index contributed by atoms with van der Waals surface area (Å²) in [5.74, 6) is -0.946. The number of carbonyl (C=O) groups excluding carboxylic acids is 2. The molecule has 5 nitrogen and oxygen atoms in total. The first kappa shape index (κ1) is 16.3. The zero-order valence-corrected chi connectivity index (χ0v) is 14.6. The summed E-state index contributed by atoms with van der Waals surface area (Å²) in [6.45, 7) is 5.60. The van der Waals surface area contributed by atoms with E-state index in [0.29, 0.717) is 19.0 Å². The molecule has 0 N–H and O–H groups in total. The number of nitrogens with zero attached hydrogens (tertiary/aromatic N) is 1. The summed E-state index contributed by atoms with van der Waals surface area (Å²) in [7, 11) is 0. The summed E-state index contributed by atoms with van der Waals surface area (Å²) in [6, 6.07) is 9.57. The molecule has 0 aliphatic carbocycles. The molecule has 0 unspecified atom stereocenters. The van der Waals surface area contributed by atoms with Crippen molar-refractivity contribution < 1.29 is 19.1 Å². The molecule has 1 spiro atoms. The van der Waals surface area contributed by atoms with Crippen LogP contribution in [0.3, 0.4) is 0 Å². The van der Waals surface area contributed by atoms with Crippen LogP contribution in [0.4, 0.5) is 0 Å². The summed E-state index contributed by atoms with van der Waals surface area (Å²) in [5.41, 5.74) is 0.289. The molecule has 2 saturated heterocycles. The highest BCUT2D eigenvalue weighted by atomic mass is 16.6. The lowest BCUT2D eigenvalue weighted by Gasteiger charge is -2.23. The number of esters is 1. The molecule has 1 aromatic rings. The van der Waals surface area contributed by atoms with E-state index < -0.39 is 17.4 Å². The summed E-state index contributed by atoms with van der Waals surface area (Å²) in [4.78, 5) is 27.4. The number of benzene rings is 1. The molecule has 4 rings (SSSR count). The predicted octanol–water partition coefficient (Wildman–Crippen LogP) is 2.17. The third kappa shape index (κ3) is 2.67. The first-order chi connectivity index (χ1) is 12.0. The van der Waals surface area contributed by atoms with Gasteiger partial charge in [0.2, 0.25) is 5.91 Å². The van der Waals surface area contributed by atoms with Gasteiger partial charge in [0.15, 0.2) is 0 Å². The van der Waals surface area contributed by atoms with Crippen LogP contribution < -0.4 is 0 Å². The predicted molar refractivity (Wildman–Crippen MR) is 91.4 cm³/mol. The van der Waals surface area contributed by atoms with Gasteiger partial charge in [-0.2, -0.15) is 0 Å². The van der Waals surface area contributed by atoms with Gasteiger partial charge >= 0.3 is 5.97 Å². The summed E-state index contributed by atoms with van der Waals surface area (Å²) < 4.78 is 11.6. The number of amides is 1. The van der Waals surface area contributed by atoms with Crippen molar-refractivity contribution in [1.29, 1.82) is 0 Å². The quantitative estimate of drug-likeness (QED) is 0.608. The molecule has 2 bridgehead atoms. The summed E-state index contributed by atoms with van der Waals surface area (Å²) in [5, 5.41) is 0. The Hall–Kier alpha value is -2.14. The first-order valence-corrected chi connectivity index (χ1v) is 8.87. The number of likely N-dealkylation sites (tertiary alicyclic amines) is 1. The molecule has 2 fully saturated rings. The van der Waals surface area contributed by atoms with Crippen molar-refractivity contribution in [3.05, 3.63) is 48.0 Å². The highest BCUT2D eigenvalue weighted by Crippen LogP contribution is 2.52. The highest BCUT2D eigenvalue weighted by Gasteiger charge is 2.67. The molecule has 4 atom stereocenters. The molecule has 5 heteroatoms. The van der Waals surface area contributed by atoms with Crippen molar-refractivity contribution >= 4 is 11.9 Å².